The van der Waals surface area contributed by atoms with Crippen molar-refractivity contribution in [2.75, 3.05) is 20.8 Å². The van der Waals surface area contributed by atoms with E-state index in [0.29, 0.717) is 58.2 Å². The first kappa shape index (κ1) is 26.0. The number of fused-ring (bicyclic) bond motifs is 1. The summed E-state index contributed by atoms with van der Waals surface area (Å²) >= 11 is 0. The van der Waals surface area contributed by atoms with E-state index < -0.39 is 9.84 Å². The van der Waals surface area contributed by atoms with Crippen molar-refractivity contribution in [3.8, 4) is 34.6 Å². The van der Waals surface area contributed by atoms with Crippen LogP contribution in [-0.4, -0.2) is 58.7 Å². The van der Waals surface area contributed by atoms with E-state index in [-0.39, 0.29) is 17.2 Å². The molecule has 4 heterocycles. The molecule has 0 atom stereocenters. The van der Waals surface area contributed by atoms with E-state index in [1.807, 2.05) is 13.0 Å². The molecule has 39 heavy (non-hydrogen) atoms. The van der Waals surface area contributed by atoms with Crippen molar-refractivity contribution in [3.63, 3.8) is 0 Å². The van der Waals surface area contributed by atoms with Gasteiger partial charge in [0.2, 0.25) is 5.88 Å². The normalized spacial score (nSPS) is 11.5. The summed E-state index contributed by atoms with van der Waals surface area (Å²) in [6.07, 6.45) is 2.98. The number of nitrogens with zero attached hydrogens (tertiary/aromatic N) is 6. The van der Waals surface area contributed by atoms with Crippen molar-refractivity contribution < 1.29 is 22.6 Å². The molecule has 5 rings (SSSR count). The summed E-state index contributed by atoms with van der Waals surface area (Å²) < 4.78 is 44.6. The lowest BCUT2D eigenvalue weighted by atomic mass is 10.2. The van der Waals surface area contributed by atoms with Crippen LogP contribution in [0.3, 0.4) is 0 Å². The second kappa shape index (κ2) is 11.0. The van der Waals surface area contributed by atoms with Gasteiger partial charge in [0.15, 0.2) is 27.0 Å². The summed E-state index contributed by atoms with van der Waals surface area (Å²) in [4.78, 5) is 22.6. The number of rotatable bonds is 10. The molecule has 0 aliphatic rings. The zero-order valence-corrected chi connectivity index (χ0v) is 22.4. The molecule has 200 valence electrons. The number of hydrogen-bond donors (Lipinski definition) is 0. The molecule has 0 saturated carbocycles. The maximum Gasteiger partial charge on any atom is 0.213 e. The zero-order chi connectivity index (χ0) is 27.4. The van der Waals surface area contributed by atoms with E-state index in [1.54, 1.807) is 73.5 Å². The molecule has 0 aliphatic heterocycles. The van der Waals surface area contributed by atoms with Crippen molar-refractivity contribution in [1.82, 2.24) is 29.5 Å². The molecule has 0 bridgehead atoms. The first-order valence-corrected chi connectivity index (χ1v) is 13.9. The minimum Gasteiger partial charge on any atom is -0.494 e. The first-order chi connectivity index (χ1) is 18.9. The Morgan fingerprint density at radius 1 is 0.821 bits per heavy atom. The van der Waals surface area contributed by atoms with Crippen LogP contribution in [0.4, 0.5) is 0 Å². The molecule has 4 aromatic heterocycles. The molecule has 11 nitrogen and oxygen atoms in total. The van der Waals surface area contributed by atoms with Gasteiger partial charge in [0.1, 0.15) is 22.9 Å². The van der Waals surface area contributed by atoms with Gasteiger partial charge in [-0.15, -0.1) is 0 Å². The standard InChI is InChI=1S/C27H26N6O5S/c1-4-38-23-13-7-10-20(31-23)26-32-25-27(33(26)24-21(36-2)11-8-12-22(24)37-3)30-19(15-29-25)17-39(34,35)16-18-9-5-6-14-28-18/h5-15H,4,16-17H2,1-3H3. The molecular formula is C27H26N6O5S. The van der Waals surface area contributed by atoms with Gasteiger partial charge < -0.3 is 14.2 Å². The molecule has 12 heteroatoms. The topological polar surface area (TPSA) is 131 Å². The van der Waals surface area contributed by atoms with Crippen LogP contribution in [0.1, 0.15) is 18.3 Å². The fourth-order valence-corrected chi connectivity index (χ4v) is 5.46. The number of para-hydroxylation sites is 1. The lowest BCUT2D eigenvalue weighted by molar-refractivity contribution is 0.327. The van der Waals surface area contributed by atoms with Gasteiger partial charge in [-0.3, -0.25) is 9.55 Å². The van der Waals surface area contributed by atoms with Gasteiger partial charge in [-0.2, -0.15) is 0 Å². The second-order valence-electron chi connectivity index (χ2n) is 8.44. The third-order valence-electron chi connectivity index (χ3n) is 5.75. The van der Waals surface area contributed by atoms with Gasteiger partial charge in [0, 0.05) is 12.3 Å². The van der Waals surface area contributed by atoms with Crippen molar-refractivity contribution in [3.05, 3.63) is 78.4 Å². The van der Waals surface area contributed by atoms with Crippen molar-refractivity contribution >= 4 is 21.1 Å². The third-order valence-corrected chi connectivity index (χ3v) is 7.22. The third kappa shape index (κ3) is 5.50. The molecule has 0 saturated heterocycles. The Balaban J connectivity index is 1.69. The highest BCUT2D eigenvalue weighted by molar-refractivity contribution is 7.89. The van der Waals surface area contributed by atoms with Crippen LogP contribution < -0.4 is 14.2 Å². The SMILES string of the molecule is CCOc1cccc(-c2nc3ncc(CS(=O)(=O)Cc4ccccn4)nc3n2-c2c(OC)cccc2OC)n1. The number of ether oxygens (including phenoxy) is 3. The monoisotopic (exact) mass is 546 g/mol. The van der Waals surface area contributed by atoms with E-state index in [1.165, 1.54) is 6.20 Å². The first-order valence-electron chi connectivity index (χ1n) is 12.1. The number of benzene rings is 1. The Kier molecular flexibility index (Phi) is 7.37. The summed E-state index contributed by atoms with van der Waals surface area (Å²) in [6.45, 7) is 2.33. The van der Waals surface area contributed by atoms with E-state index in [0.717, 1.165) is 0 Å². The highest BCUT2D eigenvalue weighted by atomic mass is 32.2. The average Bonchev–Trinajstić information content (AvgIpc) is 3.31. The van der Waals surface area contributed by atoms with Gasteiger partial charge >= 0.3 is 0 Å². The molecule has 0 fully saturated rings. The van der Waals surface area contributed by atoms with E-state index in [2.05, 4.69) is 15.0 Å². The molecule has 0 amide bonds. The van der Waals surface area contributed by atoms with Crippen LogP contribution in [-0.2, 0) is 21.3 Å². The molecular weight excluding hydrogens is 520 g/mol. The molecule has 0 radical (unpaired) electrons. The van der Waals surface area contributed by atoms with Gasteiger partial charge in [-0.05, 0) is 37.3 Å². The van der Waals surface area contributed by atoms with Crippen molar-refractivity contribution in [1.29, 1.82) is 0 Å². The largest absolute Gasteiger partial charge is 0.494 e. The molecule has 0 N–H and O–H groups in total. The fourth-order valence-electron chi connectivity index (χ4n) is 4.15. The van der Waals surface area contributed by atoms with E-state index in [9.17, 15) is 8.42 Å². The predicted molar refractivity (Wildman–Crippen MR) is 145 cm³/mol. The fraction of sp³-hybridized carbons (Fsp3) is 0.222. The van der Waals surface area contributed by atoms with Crippen LogP contribution in [0.5, 0.6) is 17.4 Å². The van der Waals surface area contributed by atoms with Crippen LogP contribution in [0.25, 0.3) is 28.5 Å². The number of aromatic nitrogens is 6. The molecule has 5 aromatic rings. The van der Waals surface area contributed by atoms with E-state index in [4.69, 9.17) is 24.2 Å². The van der Waals surface area contributed by atoms with Crippen LogP contribution in [0.15, 0.2) is 67.0 Å². The number of hydrogen-bond acceptors (Lipinski definition) is 10. The average molecular weight is 547 g/mol. The number of sulfone groups is 1. The Labute approximate surface area is 225 Å². The Hall–Kier alpha value is -4.58. The van der Waals surface area contributed by atoms with Crippen molar-refractivity contribution in [2.45, 2.75) is 18.4 Å². The molecule has 0 unspecified atom stereocenters. The maximum absolute atomic E-state index is 13.0. The molecule has 1 aromatic carbocycles. The number of pyridine rings is 2. The van der Waals surface area contributed by atoms with Gasteiger partial charge in [0.25, 0.3) is 0 Å². The van der Waals surface area contributed by atoms with E-state index >= 15 is 0 Å². The van der Waals surface area contributed by atoms with Crippen LogP contribution in [0.2, 0.25) is 0 Å². The van der Waals surface area contributed by atoms with Gasteiger partial charge in [-0.1, -0.05) is 18.2 Å². The summed E-state index contributed by atoms with van der Waals surface area (Å²) in [7, 11) is -0.494. The Morgan fingerprint density at radius 2 is 1.56 bits per heavy atom. The molecule has 0 aliphatic carbocycles. The molecule has 0 spiro atoms. The lowest BCUT2D eigenvalue weighted by Gasteiger charge is -2.16. The Bertz CT molecular complexity index is 1700. The summed E-state index contributed by atoms with van der Waals surface area (Å²) in [5, 5.41) is 0. The Morgan fingerprint density at radius 3 is 2.26 bits per heavy atom. The highest BCUT2D eigenvalue weighted by Gasteiger charge is 2.25. The predicted octanol–water partition coefficient (Wildman–Crippen LogP) is 3.80. The van der Waals surface area contributed by atoms with Crippen LogP contribution >= 0.6 is 0 Å². The minimum absolute atomic E-state index is 0.216. The van der Waals surface area contributed by atoms with Crippen LogP contribution in [0, 0.1) is 0 Å². The van der Waals surface area contributed by atoms with Gasteiger partial charge in [-0.25, -0.2) is 28.4 Å². The summed E-state index contributed by atoms with van der Waals surface area (Å²) in [5.74, 6) is 1.28. The maximum atomic E-state index is 13.0. The minimum atomic E-state index is -3.59. The number of methoxy groups -OCH3 is 2. The zero-order valence-electron chi connectivity index (χ0n) is 21.6. The smallest absolute Gasteiger partial charge is 0.213 e. The lowest BCUT2D eigenvalue weighted by Crippen LogP contribution is -2.11. The highest BCUT2D eigenvalue weighted by Crippen LogP contribution is 2.37. The second-order valence-corrected chi connectivity index (χ2v) is 10.5. The van der Waals surface area contributed by atoms with Crippen molar-refractivity contribution in [2.24, 2.45) is 0 Å². The summed E-state index contributed by atoms with van der Waals surface area (Å²) in [5.41, 5.74) is 2.35. The van der Waals surface area contributed by atoms with Gasteiger partial charge in [0.05, 0.1) is 49.9 Å². The quantitative estimate of drug-likeness (QED) is 0.255. The summed E-state index contributed by atoms with van der Waals surface area (Å²) in [6, 6.07) is 15.9. The number of imidazole rings is 1.